The van der Waals surface area contributed by atoms with E-state index in [1.165, 1.54) is 6.42 Å². The molecule has 116 valence electrons. The maximum atomic E-state index is 11.8. The number of amides is 2. The lowest BCUT2D eigenvalue weighted by Crippen LogP contribution is -2.45. The van der Waals surface area contributed by atoms with Crippen LogP contribution in [0.3, 0.4) is 0 Å². The van der Waals surface area contributed by atoms with Crippen molar-refractivity contribution in [1.82, 2.24) is 10.6 Å². The topological polar surface area (TPSA) is 78.4 Å². The molecule has 1 saturated carbocycles. The summed E-state index contributed by atoms with van der Waals surface area (Å²) in [6, 6.07) is 0.0846. The Morgan fingerprint density at radius 3 is 2.75 bits per heavy atom. The fourth-order valence-corrected chi connectivity index (χ4v) is 3.40. The van der Waals surface area contributed by atoms with Crippen LogP contribution in [-0.4, -0.2) is 41.2 Å². The van der Waals surface area contributed by atoms with Crippen molar-refractivity contribution in [2.24, 2.45) is 5.92 Å². The Hall–Kier alpha value is -0.910. The summed E-state index contributed by atoms with van der Waals surface area (Å²) in [5.74, 6) is -0.808. The summed E-state index contributed by atoms with van der Waals surface area (Å²) < 4.78 is 0. The van der Waals surface area contributed by atoms with Gasteiger partial charge in [0.25, 0.3) is 0 Å². The van der Waals surface area contributed by atoms with Crippen LogP contribution in [0.5, 0.6) is 0 Å². The average Bonchev–Trinajstić information content (AvgIpc) is 2.43. The Morgan fingerprint density at radius 2 is 2.15 bits per heavy atom. The van der Waals surface area contributed by atoms with E-state index in [2.05, 4.69) is 16.9 Å². The van der Waals surface area contributed by atoms with Gasteiger partial charge in [-0.25, -0.2) is 4.79 Å². The minimum Gasteiger partial charge on any atom is -0.481 e. The molecule has 0 aromatic heterocycles. The van der Waals surface area contributed by atoms with Crippen LogP contribution in [-0.2, 0) is 4.79 Å². The molecule has 3 atom stereocenters. The second kappa shape index (κ2) is 9.10. The van der Waals surface area contributed by atoms with Gasteiger partial charge in [0.15, 0.2) is 0 Å². The summed E-state index contributed by atoms with van der Waals surface area (Å²) in [5.41, 5.74) is 0. The van der Waals surface area contributed by atoms with Crippen LogP contribution in [0.15, 0.2) is 0 Å². The van der Waals surface area contributed by atoms with Gasteiger partial charge in [-0.15, -0.1) is 0 Å². The highest BCUT2D eigenvalue weighted by Crippen LogP contribution is 2.26. The normalized spacial score (nSPS) is 23.9. The highest BCUT2D eigenvalue weighted by Gasteiger charge is 2.22. The smallest absolute Gasteiger partial charge is 0.315 e. The molecule has 0 aliphatic heterocycles. The number of carboxylic acids is 1. The van der Waals surface area contributed by atoms with E-state index in [0.717, 1.165) is 25.7 Å². The molecule has 0 saturated heterocycles. The van der Waals surface area contributed by atoms with Crippen LogP contribution in [0.1, 0.15) is 45.4 Å². The SMILES string of the molecule is CCC(CNC(=O)NC1CCCC(SC)C1)CC(=O)O. The molecule has 0 heterocycles. The van der Waals surface area contributed by atoms with E-state index in [1.807, 2.05) is 18.7 Å². The number of carbonyl (C=O) groups is 2. The van der Waals surface area contributed by atoms with Crippen molar-refractivity contribution in [3.8, 4) is 0 Å². The van der Waals surface area contributed by atoms with Crippen molar-refractivity contribution in [3.05, 3.63) is 0 Å². The third kappa shape index (κ3) is 6.50. The van der Waals surface area contributed by atoms with Gasteiger partial charge in [-0.1, -0.05) is 19.8 Å². The van der Waals surface area contributed by atoms with Crippen LogP contribution in [0.25, 0.3) is 0 Å². The monoisotopic (exact) mass is 302 g/mol. The Labute approximate surface area is 125 Å². The summed E-state index contributed by atoms with van der Waals surface area (Å²) in [6.07, 6.45) is 7.44. The minimum absolute atomic E-state index is 0.00329. The van der Waals surface area contributed by atoms with Gasteiger partial charge in [-0.2, -0.15) is 11.8 Å². The molecular weight excluding hydrogens is 276 g/mol. The van der Waals surface area contributed by atoms with E-state index >= 15 is 0 Å². The molecule has 6 heteroatoms. The Bertz CT molecular complexity index is 326. The molecule has 1 aliphatic carbocycles. The second-order valence-corrected chi connectivity index (χ2v) is 6.59. The van der Waals surface area contributed by atoms with Gasteiger partial charge in [0.2, 0.25) is 0 Å². The molecule has 0 aromatic rings. The number of aliphatic carboxylic acids is 1. The summed E-state index contributed by atoms with van der Waals surface area (Å²) in [7, 11) is 0. The Morgan fingerprint density at radius 1 is 1.40 bits per heavy atom. The molecule has 0 radical (unpaired) electrons. The van der Waals surface area contributed by atoms with E-state index in [-0.39, 0.29) is 24.4 Å². The van der Waals surface area contributed by atoms with Crippen LogP contribution in [0.4, 0.5) is 4.79 Å². The number of hydrogen-bond donors (Lipinski definition) is 3. The van der Waals surface area contributed by atoms with Crippen LogP contribution in [0.2, 0.25) is 0 Å². The van der Waals surface area contributed by atoms with Gasteiger partial charge in [0.1, 0.15) is 0 Å². The van der Waals surface area contributed by atoms with E-state index in [1.54, 1.807) is 0 Å². The van der Waals surface area contributed by atoms with Crippen molar-refractivity contribution >= 4 is 23.8 Å². The second-order valence-electron chi connectivity index (χ2n) is 5.45. The fraction of sp³-hybridized carbons (Fsp3) is 0.857. The number of nitrogens with one attached hydrogen (secondary N) is 2. The summed E-state index contributed by atoms with van der Waals surface area (Å²) in [5, 5.41) is 15.2. The van der Waals surface area contributed by atoms with Gasteiger partial charge in [0, 0.05) is 24.3 Å². The molecule has 3 unspecified atom stereocenters. The molecule has 1 aliphatic rings. The summed E-state index contributed by atoms with van der Waals surface area (Å²) in [6.45, 7) is 2.37. The number of thioether (sulfide) groups is 1. The van der Waals surface area contributed by atoms with Crippen LogP contribution >= 0.6 is 11.8 Å². The molecule has 3 N–H and O–H groups in total. The molecule has 0 bridgehead atoms. The lowest BCUT2D eigenvalue weighted by Gasteiger charge is -2.28. The van der Waals surface area contributed by atoms with E-state index in [9.17, 15) is 9.59 Å². The molecule has 5 nitrogen and oxygen atoms in total. The Kier molecular flexibility index (Phi) is 7.80. The number of rotatable bonds is 7. The van der Waals surface area contributed by atoms with Gasteiger partial charge >= 0.3 is 12.0 Å². The number of carbonyl (C=O) groups excluding carboxylic acids is 1. The fourth-order valence-electron chi connectivity index (χ4n) is 2.57. The van der Waals surface area contributed by atoms with Crippen molar-refractivity contribution in [3.63, 3.8) is 0 Å². The first-order valence-corrected chi connectivity index (χ1v) is 8.62. The minimum atomic E-state index is -0.811. The summed E-state index contributed by atoms with van der Waals surface area (Å²) >= 11 is 1.87. The zero-order chi connectivity index (χ0) is 15.0. The lowest BCUT2D eigenvalue weighted by molar-refractivity contribution is -0.138. The first kappa shape index (κ1) is 17.1. The van der Waals surface area contributed by atoms with Crippen molar-refractivity contribution in [2.75, 3.05) is 12.8 Å². The van der Waals surface area contributed by atoms with Crippen LogP contribution in [0, 0.1) is 5.92 Å². The maximum absolute atomic E-state index is 11.8. The quantitative estimate of drug-likeness (QED) is 0.675. The molecular formula is C14H26N2O3S. The lowest BCUT2D eigenvalue weighted by atomic mass is 9.95. The molecule has 20 heavy (non-hydrogen) atoms. The number of hydrogen-bond acceptors (Lipinski definition) is 3. The average molecular weight is 302 g/mol. The third-order valence-electron chi connectivity index (χ3n) is 3.89. The maximum Gasteiger partial charge on any atom is 0.315 e. The standard InChI is InChI=1S/C14H26N2O3S/c1-3-10(7-13(17)18)9-15-14(19)16-11-5-4-6-12(8-11)20-2/h10-12H,3-9H2,1-2H3,(H,17,18)(H2,15,16,19). The van der Waals surface area contributed by atoms with Crippen molar-refractivity contribution in [2.45, 2.75) is 56.7 Å². The predicted octanol–water partition coefficient (Wildman–Crippen LogP) is 2.46. The first-order chi connectivity index (χ1) is 9.55. The van der Waals surface area contributed by atoms with Crippen molar-refractivity contribution < 1.29 is 14.7 Å². The van der Waals surface area contributed by atoms with E-state index in [4.69, 9.17) is 5.11 Å². The van der Waals surface area contributed by atoms with Gasteiger partial charge in [-0.05, 0) is 31.4 Å². The molecule has 1 fully saturated rings. The van der Waals surface area contributed by atoms with Crippen molar-refractivity contribution in [1.29, 1.82) is 0 Å². The largest absolute Gasteiger partial charge is 0.481 e. The summed E-state index contributed by atoms with van der Waals surface area (Å²) in [4.78, 5) is 22.5. The molecule has 0 aromatic carbocycles. The van der Waals surface area contributed by atoms with Gasteiger partial charge in [0.05, 0.1) is 0 Å². The van der Waals surface area contributed by atoms with E-state index < -0.39 is 5.97 Å². The first-order valence-electron chi connectivity index (χ1n) is 7.34. The van der Waals surface area contributed by atoms with Crippen LogP contribution < -0.4 is 10.6 Å². The number of carboxylic acid groups (broad SMARTS) is 1. The third-order valence-corrected chi connectivity index (χ3v) is 4.98. The zero-order valence-corrected chi connectivity index (χ0v) is 13.2. The highest BCUT2D eigenvalue weighted by molar-refractivity contribution is 7.99. The van der Waals surface area contributed by atoms with Gasteiger partial charge in [-0.3, -0.25) is 4.79 Å². The predicted molar refractivity (Wildman–Crippen MR) is 82.1 cm³/mol. The molecule has 1 rings (SSSR count). The Balaban J connectivity index is 2.26. The molecule has 2 amide bonds. The van der Waals surface area contributed by atoms with Gasteiger partial charge < -0.3 is 15.7 Å². The highest BCUT2D eigenvalue weighted by atomic mass is 32.2. The van der Waals surface area contributed by atoms with E-state index in [0.29, 0.717) is 11.8 Å². The zero-order valence-electron chi connectivity index (χ0n) is 12.4. The molecule has 0 spiro atoms. The number of urea groups is 1.